The van der Waals surface area contributed by atoms with E-state index in [4.69, 9.17) is 10.5 Å². The summed E-state index contributed by atoms with van der Waals surface area (Å²) in [5.41, 5.74) is 6.73. The number of hydrogen-bond donors (Lipinski definition) is 1. The Bertz CT molecular complexity index is 356. The fraction of sp³-hybridized carbons (Fsp3) is 0.615. The minimum Gasteiger partial charge on any atom is -0.396 e. The summed E-state index contributed by atoms with van der Waals surface area (Å²) in [5, 5.41) is 0. The summed E-state index contributed by atoms with van der Waals surface area (Å²) in [4.78, 5) is 6.66. The van der Waals surface area contributed by atoms with Gasteiger partial charge in [0.05, 0.1) is 12.3 Å². The van der Waals surface area contributed by atoms with Gasteiger partial charge in [-0.2, -0.15) is 0 Å². The molecule has 0 aliphatic carbocycles. The highest BCUT2D eigenvalue weighted by Crippen LogP contribution is 2.25. The smallest absolute Gasteiger partial charge is 0.151 e. The highest BCUT2D eigenvalue weighted by molar-refractivity contribution is 5.62. The third-order valence-corrected chi connectivity index (χ3v) is 3.19. The number of nitrogens with two attached hydrogens (primary N) is 1. The molecule has 1 saturated heterocycles. The highest BCUT2D eigenvalue weighted by atomic mass is 16.5. The molecule has 1 aliphatic heterocycles. The molecule has 1 aliphatic rings. The Morgan fingerprint density at radius 3 is 3.24 bits per heavy atom. The number of anilines is 2. The van der Waals surface area contributed by atoms with E-state index in [9.17, 15) is 0 Å². The molecule has 94 valence electrons. The largest absolute Gasteiger partial charge is 0.396 e. The average molecular weight is 235 g/mol. The predicted octanol–water partition coefficient (Wildman–Crippen LogP) is 1.92. The Labute approximate surface area is 103 Å². The van der Waals surface area contributed by atoms with Crippen molar-refractivity contribution >= 4 is 11.5 Å². The molecule has 1 fully saturated rings. The van der Waals surface area contributed by atoms with Crippen LogP contribution in [0.5, 0.6) is 0 Å². The van der Waals surface area contributed by atoms with Crippen molar-refractivity contribution in [3.8, 4) is 0 Å². The summed E-state index contributed by atoms with van der Waals surface area (Å²) in [7, 11) is 0. The van der Waals surface area contributed by atoms with Gasteiger partial charge in [0.15, 0.2) is 5.82 Å². The van der Waals surface area contributed by atoms with E-state index in [1.54, 1.807) is 6.20 Å². The molecule has 4 heteroatoms. The minimum atomic E-state index is 0.602. The molecule has 1 aromatic rings. The lowest BCUT2D eigenvalue weighted by Gasteiger charge is -2.33. The van der Waals surface area contributed by atoms with Gasteiger partial charge in [0.1, 0.15) is 0 Å². The monoisotopic (exact) mass is 235 g/mol. The van der Waals surface area contributed by atoms with Gasteiger partial charge in [0, 0.05) is 25.9 Å². The number of nitrogens with zero attached hydrogens (tertiary/aromatic N) is 2. The van der Waals surface area contributed by atoms with Crippen molar-refractivity contribution in [2.75, 3.05) is 36.9 Å². The van der Waals surface area contributed by atoms with Crippen LogP contribution in [0.25, 0.3) is 0 Å². The van der Waals surface area contributed by atoms with Crippen molar-refractivity contribution in [1.29, 1.82) is 0 Å². The Morgan fingerprint density at radius 2 is 2.47 bits per heavy atom. The summed E-state index contributed by atoms with van der Waals surface area (Å²) >= 11 is 0. The number of piperidine rings is 1. The van der Waals surface area contributed by atoms with Crippen LogP contribution in [-0.4, -0.2) is 31.3 Å². The molecule has 2 heterocycles. The zero-order chi connectivity index (χ0) is 12.1. The maximum Gasteiger partial charge on any atom is 0.151 e. The van der Waals surface area contributed by atoms with E-state index >= 15 is 0 Å². The zero-order valence-corrected chi connectivity index (χ0v) is 10.4. The Kier molecular flexibility index (Phi) is 4.20. The molecule has 1 atom stereocenters. The number of hydrogen-bond acceptors (Lipinski definition) is 4. The Hall–Kier alpha value is -1.29. The predicted molar refractivity (Wildman–Crippen MR) is 70.1 cm³/mol. The molecular weight excluding hydrogens is 214 g/mol. The first-order valence-electron chi connectivity index (χ1n) is 6.34. The van der Waals surface area contributed by atoms with Crippen molar-refractivity contribution in [3.05, 3.63) is 18.3 Å². The van der Waals surface area contributed by atoms with Crippen LogP contribution in [0.1, 0.15) is 19.8 Å². The maximum absolute atomic E-state index is 5.96. The number of ether oxygens (including phenoxy) is 1. The fourth-order valence-corrected chi connectivity index (χ4v) is 2.35. The molecule has 2 rings (SSSR count). The number of nitrogen functional groups attached to an aromatic ring is 1. The Balaban J connectivity index is 1.99. The molecule has 0 aromatic carbocycles. The lowest BCUT2D eigenvalue weighted by atomic mass is 9.99. The van der Waals surface area contributed by atoms with Crippen LogP contribution in [0.15, 0.2) is 18.3 Å². The minimum absolute atomic E-state index is 0.602. The first-order chi connectivity index (χ1) is 8.31. The summed E-state index contributed by atoms with van der Waals surface area (Å²) in [6.07, 6.45) is 4.23. The quantitative estimate of drug-likeness (QED) is 0.866. The molecule has 0 spiro atoms. The lowest BCUT2D eigenvalue weighted by molar-refractivity contribution is 0.104. The molecular formula is C13H21N3O. The van der Waals surface area contributed by atoms with Crippen LogP contribution >= 0.6 is 0 Å². The van der Waals surface area contributed by atoms with Crippen molar-refractivity contribution in [2.45, 2.75) is 19.8 Å². The van der Waals surface area contributed by atoms with Gasteiger partial charge in [-0.1, -0.05) is 0 Å². The van der Waals surface area contributed by atoms with Crippen LogP contribution in [0.2, 0.25) is 0 Å². The third kappa shape index (κ3) is 3.09. The third-order valence-electron chi connectivity index (χ3n) is 3.19. The Morgan fingerprint density at radius 1 is 1.59 bits per heavy atom. The van der Waals surface area contributed by atoms with Crippen molar-refractivity contribution < 1.29 is 4.74 Å². The molecule has 0 radical (unpaired) electrons. The zero-order valence-electron chi connectivity index (χ0n) is 10.4. The molecule has 17 heavy (non-hydrogen) atoms. The second kappa shape index (κ2) is 5.87. The maximum atomic E-state index is 5.96. The molecule has 2 N–H and O–H groups in total. The van der Waals surface area contributed by atoms with Crippen LogP contribution in [0.4, 0.5) is 11.5 Å². The SMILES string of the molecule is CCOC[C@H]1CCCN(c2ncccc2N)C1. The van der Waals surface area contributed by atoms with Gasteiger partial charge < -0.3 is 15.4 Å². The summed E-state index contributed by atoms with van der Waals surface area (Å²) in [5.74, 6) is 1.53. The number of pyridine rings is 1. The van der Waals surface area contributed by atoms with E-state index < -0.39 is 0 Å². The lowest BCUT2D eigenvalue weighted by Crippen LogP contribution is -2.38. The topological polar surface area (TPSA) is 51.4 Å². The van der Waals surface area contributed by atoms with E-state index in [1.165, 1.54) is 12.8 Å². The van der Waals surface area contributed by atoms with Crippen molar-refractivity contribution in [1.82, 2.24) is 4.98 Å². The van der Waals surface area contributed by atoms with Gasteiger partial charge in [0.2, 0.25) is 0 Å². The van der Waals surface area contributed by atoms with Gasteiger partial charge in [-0.15, -0.1) is 0 Å². The number of aromatic nitrogens is 1. The highest BCUT2D eigenvalue weighted by Gasteiger charge is 2.21. The standard InChI is InChI=1S/C13H21N3O/c1-2-17-10-11-5-4-8-16(9-11)13-12(14)6-3-7-15-13/h3,6-7,11H,2,4-5,8-10,14H2,1H3/t11-/m0/s1. The second-order valence-corrected chi connectivity index (χ2v) is 4.53. The molecule has 4 nitrogen and oxygen atoms in total. The molecule has 0 amide bonds. The van der Waals surface area contributed by atoms with E-state index in [0.29, 0.717) is 5.92 Å². The van der Waals surface area contributed by atoms with Crippen molar-refractivity contribution in [3.63, 3.8) is 0 Å². The van der Waals surface area contributed by atoms with E-state index in [2.05, 4.69) is 9.88 Å². The summed E-state index contributed by atoms with van der Waals surface area (Å²) < 4.78 is 5.51. The van der Waals surface area contributed by atoms with Gasteiger partial charge in [-0.3, -0.25) is 0 Å². The first-order valence-corrected chi connectivity index (χ1v) is 6.34. The average Bonchev–Trinajstić information content (AvgIpc) is 2.37. The van der Waals surface area contributed by atoms with E-state index in [1.807, 2.05) is 19.1 Å². The molecule has 1 aromatic heterocycles. The molecule has 0 unspecified atom stereocenters. The summed E-state index contributed by atoms with van der Waals surface area (Å²) in [6.45, 7) is 5.73. The second-order valence-electron chi connectivity index (χ2n) is 4.53. The van der Waals surface area contributed by atoms with E-state index in [0.717, 1.165) is 37.8 Å². The van der Waals surface area contributed by atoms with E-state index in [-0.39, 0.29) is 0 Å². The van der Waals surface area contributed by atoms with Gasteiger partial charge in [-0.05, 0) is 37.8 Å². The van der Waals surface area contributed by atoms with Gasteiger partial charge >= 0.3 is 0 Å². The normalized spacial score (nSPS) is 20.5. The van der Waals surface area contributed by atoms with Crippen molar-refractivity contribution in [2.24, 2.45) is 5.92 Å². The molecule has 0 saturated carbocycles. The van der Waals surface area contributed by atoms with Crippen LogP contribution in [0, 0.1) is 5.92 Å². The van der Waals surface area contributed by atoms with Crippen LogP contribution in [-0.2, 0) is 4.74 Å². The van der Waals surface area contributed by atoms with Crippen LogP contribution < -0.4 is 10.6 Å². The molecule has 0 bridgehead atoms. The van der Waals surface area contributed by atoms with Gasteiger partial charge in [-0.25, -0.2) is 4.98 Å². The van der Waals surface area contributed by atoms with Crippen LogP contribution in [0.3, 0.4) is 0 Å². The fourth-order valence-electron chi connectivity index (χ4n) is 2.35. The first kappa shape index (κ1) is 12.2. The summed E-state index contributed by atoms with van der Waals surface area (Å²) in [6, 6.07) is 3.79. The number of rotatable bonds is 4. The van der Waals surface area contributed by atoms with Gasteiger partial charge in [0.25, 0.3) is 0 Å².